The molecule has 106 valence electrons. The molecule has 0 aliphatic heterocycles. The van der Waals surface area contributed by atoms with E-state index in [0.29, 0.717) is 5.69 Å². The number of carboxylic acids is 1. The summed E-state index contributed by atoms with van der Waals surface area (Å²) in [6, 6.07) is 2.25. The van der Waals surface area contributed by atoms with E-state index in [4.69, 9.17) is 5.11 Å². The van der Waals surface area contributed by atoms with Gasteiger partial charge in [0.25, 0.3) is 10.0 Å². The van der Waals surface area contributed by atoms with Crippen molar-refractivity contribution in [2.45, 2.75) is 11.6 Å². The topological polar surface area (TPSA) is 129 Å². The smallest absolute Gasteiger partial charge is 0.337 e. The van der Waals surface area contributed by atoms with Crippen molar-refractivity contribution in [3.8, 4) is 0 Å². The predicted octanol–water partition coefficient (Wildman–Crippen LogP) is 0.00810. The van der Waals surface area contributed by atoms with Crippen LogP contribution in [0.3, 0.4) is 0 Å². The second-order valence-corrected chi connectivity index (χ2v) is 6.24. The first kappa shape index (κ1) is 14.4. The maximum Gasteiger partial charge on any atom is 0.337 e. The molecule has 2 aromatic rings. The van der Waals surface area contributed by atoms with Crippen LogP contribution in [0.4, 0.5) is 0 Å². The van der Waals surface area contributed by atoms with Crippen molar-refractivity contribution in [2.75, 3.05) is 0 Å². The van der Waals surface area contributed by atoms with Crippen LogP contribution in [0.15, 0.2) is 33.5 Å². The summed E-state index contributed by atoms with van der Waals surface area (Å²) in [5.41, 5.74) is 0.330. The van der Waals surface area contributed by atoms with Gasteiger partial charge in [0, 0.05) is 17.3 Å². The third-order valence-electron chi connectivity index (χ3n) is 2.28. The number of hydrogen-bond acceptors (Lipinski definition) is 6. The van der Waals surface area contributed by atoms with Gasteiger partial charge in [-0.1, -0.05) is 11.3 Å². The van der Waals surface area contributed by atoms with E-state index in [2.05, 4.69) is 14.7 Å². The van der Waals surface area contributed by atoms with Gasteiger partial charge in [0.05, 0.1) is 12.1 Å². The third-order valence-corrected chi connectivity index (χ3v) is 4.32. The number of hydrogen-bond donors (Lipinski definition) is 3. The van der Waals surface area contributed by atoms with Crippen LogP contribution in [-0.2, 0) is 16.6 Å². The van der Waals surface area contributed by atoms with Crippen molar-refractivity contribution in [3.05, 3.63) is 44.6 Å². The monoisotopic (exact) mass is 315 g/mol. The standard InChI is InChI=1S/C10H9N3O5S2/c14-9(15)6-1-2-8(11-3-6)20(17,18)12-4-7-5-19-10(16)13-7/h1-3,5,12H,4H2,(H,13,16)(H,14,15). The fraction of sp³-hybridized carbons (Fsp3) is 0.100. The van der Waals surface area contributed by atoms with Gasteiger partial charge in [0.2, 0.25) is 0 Å². The summed E-state index contributed by atoms with van der Waals surface area (Å²) < 4.78 is 26.0. The van der Waals surface area contributed by atoms with Crippen LogP contribution in [0.5, 0.6) is 0 Å². The number of aromatic nitrogens is 2. The van der Waals surface area contributed by atoms with Gasteiger partial charge in [0.1, 0.15) is 0 Å². The van der Waals surface area contributed by atoms with E-state index in [1.165, 1.54) is 5.38 Å². The minimum absolute atomic E-state index is 0.0799. The van der Waals surface area contributed by atoms with Crippen molar-refractivity contribution in [1.29, 1.82) is 0 Å². The molecule has 10 heteroatoms. The van der Waals surface area contributed by atoms with E-state index >= 15 is 0 Å². The average molecular weight is 315 g/mol. The first-order valence-corrected chi connectivity index (χ1v) is 7.60. The minimum atomic E-state index is -3.86. The van der Waals surface area contributed by atoms with E-state index < -0.39 is 16.0 Å². The number of pyridine rings is 1. The van der Waals surface area contributed by atoms with Crippen molar-refractivity contribution in [3.63, 3.8) is 0 Å². The Hall–Kier alpha value is -2.04. The molecule has 0 aromatic carbocycles. The Morgan fingerprint density at radius 1 is 1.45 bits per heavy atom. The number of rotatable bonds is 5. The van der Waals surface area contributed by atoms with Gasteiger partial charge in [-0.25, -0.2) is 22.9 Å². The number of nitrogens with zero attached hydrogens (tertiary/aromatic N) is 1. The molecule has 0 saturated heterocycles. The Bertz CT molecular complexity index is 776. The second-order valence-electron chi connectivity index (χ2n) is 3.69. The molecule has 0 aliphatic carbocycles. The van der Waals surface area contributed by atoms with Gasteiger partial charge in [0.15, 0.2) is 5.03 Å². The zero-order valence-corrected chi connectivity index (χ0v) is 11.5. The van der Waals surface area contributed by atoms with Gasteiger partial charge in [-0.15, -0.1) is 0 Å². The maximum atomic E-state index is 11.9. The predicted molar refractivity (Wildman–Crippen MR) is 70.2 cm³/mol. The lowest BCUT2D eigenvalue weighted by atomic mass is 10.3. The second kappa shape index (κ2) is 5.53. The van der Waals surface area contributed by atoms with Crippen molar-refractivity contribution >= 4 is 27.3 Å². The Labute approximate surface area is 117 Å². The SMILES string of the molecule is O=C(O)c1ccc(S(=O)(=O)NCc2csc(=O)[nH]2)nc1. The lowest BCUT2D eigenvalue weighted by molar-refractivity contribution is 0.0696. The Morgan fingerprint density at radius 3 is 2.70 bits per heavy atom. The summed E-state index contributed by atoms with van der Waals surface area (Å²) in [6.45, 7) is -0.0799. The quantitative estimate of drug-likeness (QED) is 0.712. The zero-order valence-electron chi connectivity index (χ0n) is 9.86. The summed E-state index contributed by atoms with van der Waals surface area (Å²) in [7, 11) is -3.86. The van der Waals surface area contributed by atoms with Crippen LogP contribution in [0.1, 0.15) is 16.1 Å². The molecule has 0 amide bonds. The minimum Gasteiger partial charge on any atom is -0.478 e. The number of H-pyrrole nitrogens is 1. The maximum absolute atomic E-state index is 11.9. The normalized spacial score (nSPS) is 11.4. The fourth-order valence-corrected chi connectivity index (χ4v) is 2.83. The summed E-state index contributed by atoms with van der Waals surface area (Å²) in [5, 5.41) is 9.91. The molecule has 3 N–H and O–H groups in total. The Morgan fingerprint density at radius 2 is 2.20 bits per heavy atom. The number of aromatic carboxylic acids is 1. The van der Waals surface area contributed by atoms with Crippen LogP contribution < -0.4 is 9.60 Å². The lowest BCUT2D eigenvalue weighted by Crippen LogP contribution is -2.24. The first-order valence-electron chi connectivity index (χ1n) is 5.24. The van der Waals surface area contributed by atoms with Gasteiger partial charge < -0.3 is 10.1 Å². The van der Waals surface area contributed by atoms with E-state index in [1.807, 2.05) is 0 Å². The lowest BCUT2D eigenvalue weighted by Gasteiger charge is -2.04. The summed E-state index contributed by atoms with van der Waals surface area (Å²) in [4.78, 5) is 27.3. The van der Waals surface area contributed by atoms with Crippen LogP contribution in [0, 0.1) is 0 Å². The molecule has 2 heterocycles. The molecule has 2 rings (SSSR count). The van der Waals surface area contributed by atoms with E-state index in [9.17, 15) is 18.0 Å². The van der Waals surface area contributed by atoms with Crippen molar-refractivity contribution < 1.29 is 18.3 Å². The highest BCUT2D eigenvalue weighted by Crippen LogP contribution is 2.07. The fourth-order valence-electron chi connectivity index (χ4n) is 1.31. The van der Waals surface area contributed by atoms with Crippen LogP contribution in [0.2, 0.25) is 0 Å². The number of sulfonamides is 1. The van der Waals surface area contributed by atoms with Gasteiger partial charge >= 0.3 is 10.8 Å². The molecular weight excluding hydrogens is 306 g/mol. The Kier molecular flexibility index (Phi) is 3.97. The first-order chi connectivity index (χ1) is 9.38. The van der Waals surface area contributed by atoms with Gasteiger partial charge in [-0.2, -0.15) is 0 Å². The largest absolute Gasteiger partial charge is 0.478 e. The Balaban J connectivity index is 2.13. The molecule has 0 fully saturated rings. The average Bonchev–Trinajstić information content (AvgIpc) is 2.82. The highest BCUT2D eigenvalue weighted by molar-refractivity contribution is 7.89. The highest BCUT2D eigenvalue weighted by atomic mass is 32.2. The van der Waals surface area contributed by atoms with Crippen LogP contribution >= 0.6 is 11.3 Å². The molecular formula is C10H9N3O5S2. The molecule has 0 atom stereocenters. The van der Waals surface area contributed by atoms with E-state index in [1.54, 1.807) is 0 Å². The van der Waals surface area contributed by atoms with Gasteiger partial charge in [-0.3, -0.25) is 4.79 Å². The van der Waals surface area contributed by atoms with E-state index in [-0.39, 0.29) is 22.0 Å². The summed E-state index contributed by atoms with van der Waals surface area (Å²) in [6.07, 6.45) is 0.962. The van der Waals surface area contributed by atoms with Crippen molar-refractivity contribution in [2.24, 2.45) is 0 Å². The van der Waals surface area contributed by atoms with Crippen LogP contribution in [-0.4, -0.2) is 29.5 Å². The number of carboxylic acid groups (broad SMARTS) is 1. The number of thiazole rings is 1. The molecule has 0 aliphatic rings. The van der Waals surface area contributed by atoms with Crippen molar-refractivity contribution in [1.82, 2.24) is 14.7 Å². The third kappa shape index (κ3) is 3.29. The number of aromatic amines is 1. The molecule has 0 saturated carbocycles. The molecule has 8 nitrogen and oxygen atoms in total. The number of nitrogens with one attached hydrogen (secondary N) is 2. The highest BCUT2D eigenvalue weighted by Gasteiger charge is 2.16. The molecule has 0 bridgehead atoms. The summed E-state index contributed by atoms with van der Waals surface area (Å²) >= 11 is 0.929. The number of carbonyl (C=O) groups is 1. The summed E-state index contributed by atoms with van der Waals surface area (Å²) in [5.74, 6) is -1.19. The molecule has 20 heavy (non-hydrogen) atoms. The zero-order chi connectivity index (χ0) is 14.8. The van der Waals surface area contributed by atoms with Gasteiger partial charge in [-0.05, 0) is 12.1 Å². The van der Waals surface area contributed by atoms with Crippen LogP contribution in [0.25, 0.3) is 0 Å². The van der Waals surface area contributed by atoms with E-state index in [0.717, 1.165) is 29.7 Å². The molecule has 0 unspecified atom stereocenters. The molecule has 0 radical (unpaired) electrons. The molecule has 2 aromatic heterocycles. The molecule has 0 spiro atoms.